The van der Waals surface area contributed by atoms with E-state index in [-0.39, 0.29) is 6.61 Å². The van der Waals surface area contributed by atoms with Gasteiger partial charge in [0.25, 0.3) is 5.91 Å². The van der Waals surface area contributed by atoms with E-state index in [1.807, 2.05) is 12.1 Å². The number of benzene rings is 2. The van der Waals surface area contributed by atoms with E-state index >= 15 is 0 Å². The Morgan fingerprint density at radius 3 is 2.43 bits per heavy atom. The van der Waals surface area contributed by atoms with Crippen LogP contribution in [0, 0.1) is 0 Å². The zero-order valence-electron chi connectivity index (χ0n) is 12.4. The lowest BCUT2D eigenvalue weighted by molar-refractivity contribution is -0.119. The van der Waals surface area contributed by atoms with Crippen LogP contribution in [-0.2, 0) is 11.3 Å². The fraction of sp³-hybridized carbons (Fsp3) is 0.188. The molecule has 0 fully saturated rings. The van der Waals surface area contributed by atoms with Crippen molar-refractivity contribution in [3.63, 3.8) is 0 Å². The molecule has 0 saturated carbocycles. The molecule has 2 aromatic rings. The van der Waals surface area contributed by atoms with Crippen molar-refractivity contribution >= 4 is 34.8 Å². The van der Waals surface area contributed by atoms with Crippen molar-refractivity contribution in [1.82, 2.24) is 0 Å². The average Bonchev–Trinajstić information content (AvgIpc) is 2.50. The minimum Gasteiger partial charge on any atom is -0.493 e. The summed E-state index contributed by atoms with van der Waals surface area (Å²) >= 11 is 11.9. The number of halogens is 2. The molecular formula is C16H16Cl2N2O3. The Kier molecular flexibility index (Phi) is 5.96. The van der Waals surface area contributed by atoms with Gasteiger partial charge in [-0.25, -0.2) is 0 Å². The highest BCUT2D eigenvalue weighted by Gasteiger charge is 2.07. The molecule has 0 heterocycles. The second-order valence-corrected chi connectivity index (χ2v) is 5.62. The molecule has 0 aliphatic carbocycles. The third-order valence-electron chi connectivity index (χ3n) is 2.96. The minimum absolute atomic E-state index is 0.199. The summed E-state index contributed by atoms with van der Waals surface area (Å²) in [5.41, 5.74) is 6.84. The van der Waals surface area contributed by atoms with Crippen LogP contribution in [0.3, 0.4) is 0 Å². The molecule has 5 nitrogen and oxygen atoms in total. The summed E-state index contributed by atoms with van der Waals surface area (Å²) in [5.74, 6) is 0.436. The van der Waals surface area contributed by atoms with E-state index in [1.54, 1.807) is 24.3 Å². The molecule has 1 amide bonds. The zero-order chi connectivity index (χ0) is 16.8. The number of hydrogen-bond donors (Lipinski definition) is 2. The highest BCUT2D eigenvalue weighted by Crippen LogP contribution is 2.29. The molecule has 2 rings (SSSR count). The summed E-state index contributed by atoms with van der Waals surface area (Å²) in [6, 6.07) is 10.6. The van der Waals surface area contributed by atoms with Gasteiger partial charge in [-0.1, -0.05) is 29.3 Å². The zero-order valence-corrected chi connectivity index (χ0v) is 13.9. The fourth-order valence-electron chi connectivity index (χ4n) is 1.95. The van der Waals surface area contributed by atoms with E-state index in [2.05, 4.69) is 5.32 Å². The standard InChI is InChI=1S/C16H16Cl2N2O3/c1-22-15-4-10(2-3-14(15)23-9-16(19)21)8-20-13-6-11(17)5-12(18)7-13/h2-7,20H,8-9H2,1H3,(H2,19,21). The maximum atomic E-state index is 10.8. The van der Waals surface area contributed by atoms with Crippen molar-refractivity contribution < 1.29 is 14.3 Å². The number of carbonyl (C=O) groups excluding carboxylic acids is 1. The van der Waals surface area contributed by atoms with Crippen LogP contribution in [0.15, 0.2) is 36.4 Å². The maximum Gasteiger partial charge on any atom is 0.255 e. The number of rotatable bonds is 7. The topological polar surface area (TPSA) is 73.6 Å². The highest BCUT2D eigenvalue weighted by atomic mass is 35.5. The molecule has 0 aromatic heterocycles. The highest BCUT2D eigenvalue weighted by molar-refractivity contribution is 6.35. The summed E-state index contributed by atoms with van der Waals surface area (Å²) in [5, 5.41) is 4.35. The van der Waals surface area contributed by atoms with Gasteiger partial charge in [-0.05, 0) is 35.9 Å². The van der Waals surface area contributed by atoms with Gasteiger partial charge < -0.3 is 20.5 Å². The van der Waals surface area contributed by atoms with Crippen LogP contribution in [0.5, 0.6) is 11.5 Å². The van der Waals surface area contributed by atoms with E-state index in [0.29, 0.717) is 28.1 Å². The van der Waals surface area contributed by atoms with Crippen LogP contribution in [0.1, 0.15) is 5.56 Å². The van der Waals surface area contributed by atoms with Crippen molar-refractivity contribution in [1.29, 1.82) is 0 Å². The number of anilines is 1. The van der Waals surface area contributed by atoms with Gasteiger partial charge in [0.1, 0.15) is 0 Å². The Balaban J connectivity index is 2.06. The summed E-state index contributed by atoms with van der Waals surface area (Å²) in [7, 11) is 1.53. The van der Waals surface area contributed by atoms with Crippen LogP contribution in [0.25, 0.3) is 0 Å². The van der Waals surface area contributed by atoms with Gasteiger partial charge >= 0.3 is 0 Å². The maximum absolute atomic E-state index is 10.8. The number of amides is 1. The number of nitrogens with one attached hydrogen (secondary N) is 1. The Labute approximate surface area is 144 Å². The molecule has 0 spiro atoms. The molecule has 0 aliphatic heterocycles. The Morgan fingerprint density at radius 1 is 1.13 bits per heavy atom. The van der Waals surface area contributed by atoms with Crippen molar-refractivity contribution in [2.75, 3.05) is 19.0 Å². The Bertz CT molecular complexity index is 687. The smallest absolute Gasteiger partial charge is 0.255 e. The van der Waals surface area contributed by atoms with Gasteiger partial charge in [0.2, 0.25) is 0 Å². The van der Waals surface area contributed by atoms with Gasteiger partial charge in [0, 0.05) is 22.3 Å². The lowest BCUT2D eigenvalue weighted by Gasteiger charge is -2.12. The molecule has 0 saturated heterocycles. The van der Waals surface area contributed by atoms with Gasteiger partial charge in [-0.15, -0.1) is 0 Å². The van der Waals surface area contributed by atoms with Gasteiger partial charge in [0.05, 0.1) is 7.11 Å². The van der Waals surface area contributed by atoms with Gasteiger partial charge in [-0.2, -0.15) is 0 Å². The Morgan fingerprint density at radius 2 is 1.83 bits per heavy atom. The van der Waals surface area contributed by atoms with Crippen LogP contribution in [0.2, 0.25) is 10.0 Å². The summed E-state index contributed by atoms with van der Waals surface area (Å²) < 4.78 is 10.5. The van der Waals surface area contributed by atoms with Crippen molar-refractivity contribution in [2.24, 2.45) is 5.73 Å². The van der Waals surface area contributed by atoms with Crippen LogP contribution < -0.4 is 20.5 Å². The quantitative estimate of drug-likeness (QED) is 0.798. The normalized spacial score (nSPS) is 10.2. The van der Waals surface area contributed by atoms with E-state index < -0.39 is 5.91 Å². The first-order chi connectivity index (χ1) is 11.0. The number of primary amides is 1. The summed E-state index contributed by atoms with van der Waals surface area (Å²) in [6.45, 7) is 0.345. The summed E-state index contributed by atoms with van der Waals surface area (Å²) in [6.07, 6.45) is 0. The average molecular weight is 355 g/mol. The first-order valence-electron chi connectivity index (χ1n) is 6.76. The predicted molar refractivity (Wildman–Crippen MR) is 91.5 cm³/mol. The SMILES string of the molecule is COc1cc(CNc2cc(Cl)cc(Cl)c2)ccc1OCC(N)=O. The first-order valence-corrected chi connectivity index (χ1v) is 7.51. The van der Waals surface area contributed by atoms with E-state index in [0.717, 1.165) is 11.3 Å². The second kappa shape index (κ2) is 7.94. The molecule has 7 heteroatoms. The number of ether oxygens (including phenoxy) is 2. The number of carbonyl (C=O) groups is 1. The summed E-state index contributed by atoms with van der Waals surface area (Å²) in [4.78, 5) is 10.8. The van der Waals surface area contributed by atoms with Crippen LogP contribution >= 0.6 is 23.2 Å². The third kappa shape index (κ3) is 5.23. The van der Waals surface area contributed by atoms with Crippen molar-refractivity contribution in [3.8, 4) is 11.5 Å². The molecule has 3 N–H and O–H groups in total. The van der Waals surface area contributed by atoms with E-state index in [1.165, 1.54) is 7.11 Å². The lowest BCUT2D eigenvalue weighted by atomic mass is 10.2. The minimum atomic E-state index is -0.546. The number of nitrogens with two attached hydrogens (primary N) is 1. The monoisotopic (exact) mass is 354 g/mol. The first kappa shape index (κ1) is 17.2. The van der Waals surface area contributed by atoms with Crippen molar-refractivity contribution in [3.05, 3.63) is 52.0 Å². The molecule has 0 unspecified atom stereocenters. The molecule has 0 aliphatic rings. The predicted octanol–water partition coefficient (Wildman–Crippen LogP) is 3.48. The molecule has 2 aromatic carbocycles. The number of hydrogen-bond acceptors (Lipinski definition) is 4. The van der Waals surface area contributed by atoms with Gasteiger partial charge in [-0.3, -0.25) is 4.79 Å². The lowest BCUT2D eigenvalue weighted by Crippen LogP contribution is -2.20. The third-order valence-corrected chi connectivity index (χ3v) is 3.39. The van der Waals surface area contributed by atoms with Crippen molar-refractivity contribution in [2.45, 2.75) is 6.54 Å². The number of methoxy groups -OCH3 is 1. The molecular weight excluding hydrogens is 339 g/mol. The van der Waals surface area contributed by atoms with Crippen LogP contribution in [0.4, 0.5) is 5.69 Å². The fourth-order valence-corrected chi connectivity index (χ4v) is 2.48. The van der Waals surface area contributed by atoms with Crippen LogP contribution in [-0.4, -0.2) is 19.6 Å². The molecule has 0 radical (unpaired) electrons. The largest absolute Gasteiger partial charge is 0.493 e. The van der Waals surface area contributed by atoms with Gasteiger partial charge in [0.15, 0.2) is 18.1 Å². The molecule has 23 heavy (non-hydrogen) atoms. The molecule has 122 valence electrons. The Hall–Kier alpha value is -2.11. The second-order valence-electron chi connectivity index (χ2n) is 4.75. The molecule has 0 atom stereocenters. The molecule has 0 bridgehead atoms. The van der Waals surface area contributed by atoms with E-state index in [9.17, 15) is 4.79 Å². The van der Waals surface area contributed by atoms with E-state index in [4.69, 9.17) is 38.4 Å².